The number of carbonyl (C=O) groups excluding carboxylic acids is 1. The Hall–Kier alpha value is -1.51. The zero-order valence-corrected chi connectivity index (χ0v) is 13.4. The molecule has 1 saturated heterocycles. The van der Waals surface area contributed by atoms with Gasteiger partial charge in [-0.25, -0.2) is 8.42 Å². The highest BCUT2D eigenvalue weighted by Crippen LogP contribution is 2.26. The third-order valence-electron chi connectivity index (χ3n) is 3.51. The van der Waals surface area contributed by atoms with Gasteiger partial charge in [0, 0.05) is 18.7 Å². The lowest BCUT2D eigenvalue weighted by Crippen LogP contribution is -2.63. The van der Waals surface area contributed by atoms with E-state index in [9.17, 15) is 13.2 Å². The second-order valence-corrected chi connectivity index (χ2v) is 7.58. The molecule has 0 aliphatic carbocycles. The number of rotatable bonds is 3. The number of hydrogen-bond acceptors (Lipinski definition) is 4. The van der Waals surface area contributed by atoms with E-state index in [1.54, 1.807) is 26.0 Å². The highest BCUT2D eigenvalue weighted by molar-refractivity contribution is 7.89. The van der Waals surface area contributed by atoms with Crippen molar-refractivity contribution >= 4 is 33.1 Å². The van der Waals surface area contributed by atoms with E-state index >= 15 is 0 Å². The second kappa shape index (κ2) is 5.36. The monoisotopic (exact) mass is 327 g/mol. The predicted octanol–water partition coefficient (Wildman–Crippen LogP) is 0.220. The van der Waals surface area contributed by atoms with Crippen LogP contribution in [0.4, 0.5) is 0 Å². The maximum atomic E-state index is 12.7. The number of sulfonamides is 1. The Bertz CT molecular complexity index is 681. The molecule has 6 nitrogen and oxygen atoms in total. The summed E-state index contributed by atoms with van der Waals surface area (Å²) in [5.74, 6) is -0.308. The van der Waals surface area contributed by atoms with Crippen LogP contribution in [-0.4, -0.2) is 42.2 Å². The fourth-order valence-corrected chi connectivity index (χ4v) is 4.11. The van der Waals surface area contributed by atoms with Gasteiger partial charge >= 0.3 is 0 Å². The van der Waals surface area contributed by atoms with Crippen molar-refractivity contribution in [3.63, 3.8) is 0 Å². The number of hydrogen-bond donors (Lipinski definition) is 2. The lowest BCUT2D eigenvalue weighted by atomic mass is 10.0. The summed E-state index contributed by atoms with van der Waals surface area (Å²) in [6.45, 7) is 3.70. The number of carbonyl (C=O) groups is 1. The van der Waals surface area contributed by atoms with Gasteiger partial charge in [0.2, 0.25) is 15.9 Å². The topological polar surface area (TPSA) is 92.5 Å². The fraction of sp³-hybridized carbons (Fsp3) is 0.385. The smallest absolute Gasteiger partial charge is 0.244 e. The Labute approximate surface area is 129 Å². The van der Waals surface area contributed by atoms with Gasteiger partial charge in [0.15, 0.2) is 0 Å². The van der Waals surface area contributed by atoms with Crippen LogP contribution in [0.1, 0.15) is 19.4 Å². The zero-order valence-electron chi connectivity index (χ0n) is 11.8. The van der Waals surface area contributed by atoms with E-state index in [-0.39, 0.29) is 22.3 Å². The molecule has 8 heteroatoms. The highest BCUT2D eigenvalue weighted by Gasteiger charge is 2.44. The molecule has 0 radical (unpaired) electrons. The first-order valence-electron chi connectivity index (χ1n) is 6.38. The molecule has 2 rings (SSSR count). The van der Waals surface area contributed by atoms with Crippen molar-refractivity contribution in [2.24, 2.45) is 5.73 Å². The molecule has 0 saturated carbocycles. The fourth-order valence-electron chi connectivity index (χ4n) is 2.22. The maximum Gasteiger partial charge on any atom is 0.244 e. The maximum absolute atomic E-state index is 12.7. The summed E-state index contributed by atoms with van der Waals surface area (Å²) in [6, 6.07) is 6.03. The van der Waals surface area contributed by atoms with E-state index < -0.39 is 15.6 Å². The van der Waals surface area contributed by atoms with Crippen molar-refractivity contribution in [2.45, 2.75) is 24.3 Å². The summed E-state index contributed by atoms with van der Waals surface area (Å²) in [7, 11) is -3.76. The number of benzene rings is 1. The largest absolute Gasteiger partial charge is 0.389 e. The number of piperazine rings is 1. The molecule has 0 atom stereocenters. The lowest BCUT2D eigenvalue weighted by Gasteiger charge is -2.39. The van der Waals surface area contributed by atoms with Crippen molar-refractivity contribution < 1.29 is 13.2 Å². The Morgan fingerprint density at radius 2 is 1.90 bits per heavy atom. The van der Waals surface area contributed by atoms with Crippen LogP contribution in [0, 0.1) is 0 Å². The first-order valence-corrected chi connectivity index (χ1v) is 8.23. The van der Waals surface area contributed by atoms with Gasteiger partial charge in [-0.15, -0.1) is 0 Å². The zero-order chi connectivity index (χ0) is 15.8. The molecule has 0 bridgehead atoms. The van der Waals surface area contributed by atoms with Crippen LogP contribution < -0.4 is 11.1 Å². The summed E-state index contributed by atoms with van der Waals surface area (Å²) in [4.78, 5) is 12.2. The molecular formula is C13H17N3O3S2. The van der Waals surface area contributed by atoms with Crippen LogP contribution in [0.5, 0.6) is 0 Å². The van der Waals surface area contributed by atoms with E-state index in [1.165, 1.54) is 16.4 Å². The summed E-state index contributed by atoms with van der Waals surface area (Å²) >= 11 is 4.84. The third kappa shape index (κ3) is 2.78. The van der Waals surface area contributed by atoms with E-state index in [2.05, 4.69) is 5.32 Å². The molecule has 1 aliphatic rings. The van der Waals surface area contributed by atoms with Gasteiger partial charge in [-0.2, -0.15) is 4.31 Å². The van der Waals surface area contributed by atoms with Gasteiger partial charge in [-0.3, -0.25) is 4.79 Å². The van der Waals surface area contributed by atoms with Crippen LogP contribution in [0.25, 0.3) is 0 Å². The highest BCUT2D eigenvalue weighted by atomic mass is 32.2. The molecular weight excluding hydrogens is 310 g/mol. The Balaban J connectivity index is 2.41. The van der Waals surface area contributed by atoms with Crippen molar-refractivity contribution in [1.82, 2.24) is 9.62 Å². The summed E-state index contributed by atoms with van der Waals surface area (Å²) in [5.41, 5.74) is 4.97. The predicted molar refractivity (Wildman–Crippen MR) is 83.3 cm³/mol. The normalized spacial score (nSPS) is 19.0. The quantitative estimate of drug-likeness (QED) is 0.775. The van der Waals surface area contributed by atoms with Crippen LogP contribution in [0.2, 0.25) is 0 Å². The molecule has 1 aromatic carbocycles. The minimum Gasteiger partial charge on any atom is -0.389 e. The molecule has 1 amide bonds. The van der Waals surface area contributed by atoms with E-state index in [0.717, 1.165) is 0 Å². The van der Waals surface area contributed by atoms with Gasteiger partial charge in [0.05, 0.1) is 4.90 Å². The SMILES string of the molecule is CC1(C)C(=O)NCCN1S(=O)(=O)c1ccc(C(N)=S)cc1. The molecule has 114 valence electrons. The first-order chi connectivity index (χ1) is 9.67. The van der Waals surface area contributed by atoms with Gasteiger partial charge in [-0.05, 0) is 26.0 Å². The molecule has 1 fully saturated rings. The molecule has 1 aromatic rings. The third-order valence-corrected chi connectivity index (χ3v) is 5.83. The second-order valence-electron chi connectivity index (χ2n) is 5.28. The standard InChI is InChI=1S/C13H17N3O3S2/c1-13(2)12(17)15-7-8-16(13)21(18,19)10-5-3-9(4-6-10)11(14)20/h3-6H,7-8H2,1-2H3,(H2,14,20)(H,15,17). The first kappa shape index (κ1) is 15.9. The number of nitrogens with zero attached hydrogens (tertiary/aromatic N) is 1. The van der Waals surface area contributed by atoms with Gasteiger partial charge in [0.1, 0.15) is 10.5 Å². The number of thiocarbonyl (C=S) groups is 1. The van der Waals surface area contributed by atoms with Crippen molar-refractivity contribution in [3.8, 4) is 0 Å². The van der Waals surface area contributed by atoms with Crippen molar-refractivity contribution in [2.75, 3.05) is 13.1 Å². The van der Waals surface area contributed by atoms with Crippen molar-refractivity contribution in [3.05, 3.63) is 29.8 Å². The van der Waals surface area contributed by atoms with Crippen molar-refractivity contribution in [1.29, 1.82) is 0 Å². The van der Waals surface area contributed by atoms with Crippen LogP contribution in [0.3, 0.4) is 0 Å². The summed E-state index contributed by atoms with van der Waals surface area (Å²) in [5, 5.41) is 2.67. The molecule has 1 heterocycles. The number of nitrogens with one attached hydrogen (secondary N) is 1. The van der Waals surface area contributed by atoms with E-state index in [4.69, 9.17) is 18.0 Å². The molecule has 21 heavy (non-hydrogen) atoms. The van der Waals surface area contributed by atoms with Gasteiger partial charge in [0.25, 0.3) is 0 Å². The van der Waals surface area contributed by atoms with Crippen LogP contribution in [0.15, 0.2) is 29.2 Å². The summed E-state index contributed by atoms with van der Waals surface area (Å²) < 4.78 is 26.6. The van der Waals surface area contributed by atoms with Gasteiger partial charge < -0.3 is 11.1 Å². The average Bonchev–Trinajstić information content (AvgIpc) is 2.41. The molecule has 1 aliphatic heterocycles. The molecule has 0 unspecified atom stereocenters. The molecule has 0 spiro atoms. The van der Waals surface area contributed by atoms with Crippen LogP contribution >= 0.6 is 12.2 Å². The minimum absolute atomic E-state index is 0.116. The Morgan fingerprint density at radius 3 is 2.43 bits per heavy atom. The summed E-state index contributed by atoms with van der Waals surface area (Å²) in [6.07, 6.45) is 0. The number of nitrogens with two attached hydrogens (primary N) is 1. The minimum atomic E-state index is -3.76. The molecule has 3 N–H and O–H groups in total. The van der Waals surface area contributed by atoms with Gasteiger partial charge in [-0.1, -0.05) is 24.4 Å². The Kier molecular flexibility index (Phi) is 4.05. The number of amides is 1. The average molecular weight is 327 g/mol. The Morgan fingerprint density at radius 1 is 1.33 bits per heavy atom. The van der Waals surface area contributed by atoms with Crippen LogP contribution in [-0.2, 0) is 14.8 Å². The molecule has 0 aromatic heterocycles. The van der Waals surface area contributed by atoms with E-state index in [1.807, 2.05) is 0 Å². The lowest BCUT2D eigenvalue weighted by molar-refractivity contribution is -0.131. The van der Waals surface area contributed by atoms with E-state index in [0.29, 0.717) is 12.1 Å².